The summed E-state index contributed by atoms with van der Waals surface area (Å²) < 4.78 is 6.92. The van der Waals surface area contributed by atoms with Crippen LogP contribution < -0.4 is 11.0 Å². The van der Waals surface area contributed by atoms with Crippen molar-refractivity contribution >= 4 is 39.5 Å². The van der Waals surface area contributed by atoms with Crippen molar-refractivity contribution in [2.75, 3.05) is 13.2 Å². The van der Waals surface area contributed by atoms with Crippen LogP contribution in [0.25, 0.3) is 21.9 Å². The molecule has 0 amide bonds. The summed E-state index contributed by atoms with van der Waals surface area (Å²) in [5.74, 6) is -0.403. The number of nitrogens with zero attached hydrogens (tertiary/aromatic N) is 1. The van der Waals surface area contributed by atoms with E-state index in [9.17, 15) is 14.7 Å². The van der Waals surface area contributed by atoms with Gasteiger partial charge in [-0.05, 0) is 50.1 Å². The number of aliphatic hydroxyl groups is 1. The lowest BCUT2D eigenvalue weighted by atomic mass is 9.99. The van der Waals surface area contributed by atoms with Crippen LogP contribution in [0.5, 0.6) is 0 Å². The number of aromatic nitrogens is 3. The fourth-order valence-electron chi connectivity index (χ4n) is 4.80. The number of imidazole rings is 1. The number of ether oxygens (including phenoxy) is 1. The Balaban J connectivity index is 1.38. The minimum atomic E-state index is -0.760. The molecule has 5 rings (SSSR count). The fourth-order valence-corrected chi connectivity index (χ4v) is 4.98. The Hall–Kier alpha value is -3.07. The largest absolute Gasteiger partial charge is 0.461 e. The first-order chi connectivity index (χ1) is 16.0. The second-order valence-corrected chi connectivity index (χ2v) is 8.69. The van der Waals surface area contributed by atoms with Crippen LogP contribution in [0, 0.1) is 0 Å². The second-order valence-electron chi connectivity index (χ2n) is 8.26. The van der Waals surface area contributed by atoms with Crippen molar-refractivity contribution in [2.24, 2.45) is 0 Å². The normalized spacial score (nSPS) is 18.0. The average Bonchev–Trinajstić information content (AvgIpc) is 3.27. The molecule has 2 atom stereocenters. The predicted octanol–water partition coefficient (Wildman–Crippen LogP) is 3.28. The molecule has 172 valence electrons. The van der Waals surface area contributed by atoms with Crippen LogP contribution in [0.15, 0.2) is 41.2 Å². The summed E-state index contributed by atoms with van der Waals surface area (Å²) in [6.07, 6.45) is 0.386. The van der Waals surface area contributed by atoms with Crippen LogP contribution >= 0.6 is 11.6 Å². The average molecular weight is 469 g/mol. The van der Waals surface area contributed by atoms with Crippen LogP contribution in [0.3, 0.4) is 0 Å². The molecule has 0 bridgehead atoms. The number of para-hydroxylation sites is 1. The molecule has 0 saturated carbocycles. The Labute approximate surface area is 194 Å². The maximum atomic E-state index is 12.5. The molecule has 2 unspecified atom stereocenters. The Kier molecular flexibility index (Phi) is 5.74. The van der Waals surface area contributed by atoms with Crippen molar-refractivity contribution in [3.05, 3.63) is 68.7 Å². The van der Waals surface area contributed by atoms with E-state index in [-0.39, 0.29) is 18.3 Å². The molecule has 4 aromatic rings. The van der Waals surface area contributed by atoms with E-state index in [2.05, 4.69) is 15.3 Å². The van der Waals surface area contributed by atoms with Gasteiger partial charge >= 0.3 is 11.7 Å². The Morgan fingerprint density at radius 2 is 2.12 bits per heavy atom. The molecule has 0 aliphatic carbocycles. The third-order valence-electron chi connectivity index (χ3n) is 6.32. The Morgan fingerprint density at radius 1 is 1.27 bits per heavy atom. The molecule has 0 fully saturated rings. The number of esters is 1. The quantitative estimate of drug-likeness (QED) is 0.324. The molecule has 0 radical (unpaired) electrons. The molecule has 0 saturated heterocycles. The molecule has 0 spiro atoms. The summed E-state index contributed by atoms with van der Waals surface area (Å²) in [5, 5.41) is 16.0. The van der Waals surface area contributed by atoms with Crippen molar-refractivity contribution in [3.63, 3.8) is 0 Å². The van der Waals surface area contributed by atoms with Gasteiger partial charge in [0.05, 0.1) is 23.7 Å². The van der Waals surface area contributed by atoms with E-state index in [1.54, 1.807) is 23.6 Å². The Bertz CT molecular complexity index is 1400. The third kappa shape index (κ3) is 3.84. The van der Waals surface area contributed by atoms with Gasteiger partial charge in [-0.15, -0.1) is 0 Å². The second kappa shape index (κ2) is 8.70. The highest BCUT2D eigenvalue weighted by atomic mass is 35.5. The first-order valence-corrected chi connectivity index (χ1v) is 11.5. The van der Waals surface area contributed by atoms with E-state index in [4.69, 9.17) is 16.3 Å². The zero-order chi connectivity index (χ0) is 23.1. The van der Waals surface area contributed by atoms with Crippen LogP contribution in [0.2, 0.25) is 5.02 Å². The molecule has 2 aromatic heterocycles. The highest BCUT2D eigenvalue weighted by molar-refractivity contribution is 6.31. The van der Waals surface area contributed by atoms with Gasteiger partial charge in [-0.25, -0.2) is 9.59 Å². The van der Waals surface area contributed by atoms with E-state index in [0.717, 1.165) is 33.1 Å². The summed E-state index contributed by atoms with van der Waals surface area (Å²) >= 11 is 6.13. The first kappa shape index (κ1) is 21.8. The molecule has 3 heterocycles. The standard InChI is InChI=1S/C24H25ClN4O4/c1-2-33-23(31)20-15(14-7-6-13(25)12-19(14)27-20)8-10-26-18-9-11-29-21-16(22(18)30)4-3-5-17(21)28-24(29)32/h3-7,12,18,22,26-27,30H,2,8-11H2,1H3,(H,28,32). The fraction of sp³-hybridized carbons (Fsp3) is 0.333. The summed E-state index contributed by atoms with van der Waals surface area (Å²) in [6.45, 7) is 3.09. The van der Waals surface area contributed by atoms with Gasteiger partial charge in [-0.2, -0.15) is 0 Å². The highest BCUT2D eigenvalue weighted by Gasteiger charge is 2.28. The molecule has 9 heteroatoms. The minimum Gasteiger partial charge on any atom is -0.461 e. The lowest BCUT2D eigenvalue weighted by molar-refractivity contribution is 0.0519. The molecular weight excluding hydrogens is 444 g/mol. The van der Waals surface area contributed by atoms with E-state index in [1.807, 2.05) is 24.3 Å². The van der Waals surface area contributed by atoms with Gasteiger partial charge < -0.3 is 25.1 Å². The molecule has 2 aromatic carbocycles. The van der Waals surface area contributed by atoms with E-state index < -0.39 is 12.1 Å². The van der Waals surface area contributed by atoms with Crippen molar-refractivity contribution in [1.82, 2.24) is 19.9 Å². The number of aryl methyl sites for hydroxylation is 1. The highest BCUT2D eigenvalue weighted by Crippen LogP contribution is 2.30. The van der Waals surface area contributed by atoms with Crippen molar-refractivity contribution in [1.29, 1.82) is 0 Å². The molecular formula is C24H25ClN4O4. The molecule has 1 aliphatic heterocycles. The number of carbonyl (C=O) groups is 1. The van der Waals surface area contributed by atoms with Crippen LogP contribution in [-0.2, 0) is 17.7 Å². The van der Waals surface area contributed by atoms with E-state index in [1.165, 1.54) is 0 Å². The van der Waals surface area contributed by atoms with Crippen molar-refractivity contribution < 1.29 is 14.6 Å². The summed E-state index contributed by atoms with van der Waals surface area (Å²) in [6, 6.07) is 10.8. The number of H-pyrrole nitrogens is 2. The topological polar surface area (TPSA) is 112 Å². The van der Waals surface area contributed by atoms with E-state index >= 15 is 0 Å². The lowest BCUT2D eigenvalue weighted by Crippen LogP contribution is -2.36. The Morgan fingerprint density at radius 3 is 2.94 bits per heavy atom. The van der Waals surface area contributed by atoms with Gasteiger partial charge in [0.2, 0.25) is 0 Å². The number of hydrogen-bond acceptors (Lipinski definition) is 5. The number of fused-ring (bicyclic) bond motifs is 1. The number of halogens is 1. The number of benzene rings is 2. The van der Waals surface area contributed by atoms with Gasteiger partial charge in [-0.3, -0.25) is 4.57 Å². The molecule has 1 aliphatic rings. The van der Waals surface area contributed by atoms with Crippen LogP contribution in [0.1, 0.15) is 41.1 Å². The number of nitrogens with one attached hydrogen (secondary N) is 3. The minimum absolute atomic E-state index is 0.165. The zero-order valence-corrected chi connectivity index (χ0v) is 18.9. The van der Waals surface area contributed by atoms with Crippen molar-refractivity contribution in [2.45, 2.75) is 38.5 Å². The maximum absolute atomic E-state index is 12.5. The first-order valence-electron chi connectivity index (χ1n) is 11.1. The summed E-state index contributed by atoms with van der Waals surface area (Å²) in [7, 11) is 0. The number of aliphatic hydroxyl groups excluding tert-OH is 1. The molecule has 33 heavy (non-hydrogen) atoms. The SMILES string of the molecule is CCOC(=O)c1[nH]c2cc(Cl)ccc2c1CCNC1CCn2c(=O)[nH]c3cccc(c32)C1O. The summed E-state index contributed by atoms with van der Waals surface area (Å²) in [5.41, 5.74) is 4.10. The van der Waals surface area contributed by atoms with E-state index in [0.29, 0.717) is 36.6 Å². The lowest BCUT2D eigenvalue weighted by Gasteiger charge is -2.23. The number of rotatable bonds is 6. The third-order valence-corrected chi connectivity index (χ3v) is 6.55. The monoisotopic (exact) mass is 468 g/mol. The van der Waals surface area contributed by atoms with Crippen LogP contribution in [0.4, 0.5) is 0 Å². The van der Waals surface area contributed by atoms with Gasteiger partial charge in [0.25, 0.3) is 0 Å². The zero-order valence-electron chi connectivity index (χ0n) is 18.2. The number of hydrogen-bond donors (Lipinski definition) is 4. The van der Waals surface area contributed by atoms with Gasteiger partial charge in [0, 0.05) is 34.1 Å². The van der Waals surface area contributed by atoms with Crippen molar-refractivity contribution in [3.8, 4) is 0 Å². The molecule has 4 N–H and O–H groups in total. The van der Waals surface area contributed by atoms with Gasteiger partial charge in [0.15, 0.2) is 0 Å². The summed E-state index contributed by atoms with van der Waals surface area (Å²) in [4.78, 5) is 30.9. The smallest absolute Gasteiger partial charge is 0.355 e. The van der Waals surface area contributed by atoms with Gasteiger partial charge in [-0.1, -0.05) is 29.8 Å². The number of carbonyl (C=O) groups excluding carboxylic acids is 1. The van der Waals surface area contributed by atoms with Gasteiger partial charge in [0.1, 0.15) is 5.69 Å². The van der Waals surface area contributed by atoms with Crippen LogP contribution in [-0.4, -0.2) is 44.8 Å². The number of aromatic amines is 2. The molecule has 8 nitrogen and oxygen atoms in total. The predicted molar refractivity (Wildman–Crippen MR) is 127 cm³/mol. The maximum Gasteiger partial charge on any atom is 0.355 e.